The molecule has 1 saturated carbocycles. The molecule has 0 bridgehead atoms. The fraction of sp³-hybridized carbons (Fsp3) is 0.529. The molecule has 144 valence electrons. The Morgan fingerprint density at radius 3 is 2.42 bits per heavy atom. The summed E-state index contributed by atoms with van der Waals surface area (Å²) in [7, 11) is -4.22. The standard InChI is InChI=1S/C17H23FN2O5S/c1-10(2)15(16(21)19-12-8-7-11(9-12)17(22)23)20-26(24,25)14-6-4-3-5-13(14)18/h3-6,10-12,15,20H,7-9H2,1-2H3,(H,19,21)(H,22,23)/t11-,12+,15?/m1/s1. The van der Waals surface area contributed by atoms with E-state index in [-0.39, 0.29) is 12.0 Å². The summed E-state index contributed by atoms with van der Waals surface area (Å²) >= 11 is 0. The Labute approximate surface area is 152 Å². The largest absolute Gasteiger partial charge is 0.481 e. The predicted octanol–water partition coefficient (Wildman–Crippen LogP) is 1.50. The van der Waals surface area contributed by atoms with Crippen molar-refractivity contribution in [3.8, 4) is 0 Å². The number of hydrogen-bond acceptors (Lipinski definition) is 4. The Morgan fingerprint density at radius 2 is 1.88 bits per heavy atom. The Balaban J connectivity index is 2.10. The van der Waals surface area contributed by atoms with Crippen molar-refractivity contribution < 1.29 is 27.5 Å². The first-order valence-electron chi connectivity index (χ1n) is 8.42. The van der Waals surface area contributed by atoms with Gasteiger partial charge in [-0.1, -0.05) is 26.0 Å². The number of amides is 1. The smallest absolute Gasteiger partial charge is 0.306 e. The van der Waals surface area contributed by atoms with Gasteiger partial charge in [-0.3, -0.25) is 9.59 Å². The molecule has 0 aliphatic heterocycles. The van der Waals surface area contributed by atoms with E-state index in [1.165, 1.54) is 12.1 Å². The topological polar surface area (TPSA) is 113 Å². The van der Waals surface area contributed by atoms with Crippen LogP contribution < -0.4 is 10.0 Å². The van der Waals surface area contributed by atoms with Crippen LogP contribution in [-0.4, -0.2) is 37.5 Å². The van der Waals surface area contributed by atoms with Crippen LogP contribution in [0.1, 0.15) is 33.1 Å². The van der Waals surface area contributed by atoms with E-state index in [4.69, 9.17) is 5.11 Å². The summed E-state index contributed by atoms with van der Waals surface area (Å²) < 4.78 is 41.0. The van der Waals surface area contributed by atoms with Gasteiger partial charge < -0.3 is 10.4 Å². The minimum absolute atomic E-state index is 0.311. The van der Waals surface area contributed by atoms with E-state index in [1.54, 1.807) is 13.8 Å². The maximum absolute atomic E-state index is 13.8. The summed E-state index contributed by atoms with van der Waals surface area (Å²) in [6, 6.07) is 3.52. The van der Waals surface area contributed by atoms with Crippen molar-refractivity contribution >= 4 is 21.9 Å². The van der Waals surface area contributed by atoms with E-state index in [2.05, 4.69) is 10.0 Å². The van der Waals surface area contributed by atoms with Crippen LogP contribution in [0.15, 0.2) is 29.2 Å². The molecule has 2 rings (SSSR count). The summed E-state index contributed by atoms with van der Waals surface area (Å²) in [5, 5.41) is 11.7. The van der Waals surface area contributed by atoms with E-state index in [1.807, 2.05) is 0 Å². The highest BCUT2D eigenvalue weighted by molar-refractivity contribution is 7.89. The summed E-state index contributed by atoms with van der Waals surface area (Å²) in [5.74, 6) is -3.23. The zero-order valence-corrected chi connectivity index (χ0v) is 15.4. The van der Waals surface area contributed by atoms with Crippen molar-refractivity contribution in [3.05, 3.63) is 30.1 Å². The highest BCUT2D eigenvalue weighted by Gasteiger charge is 2.34. The maximum atomic E-state index is 13.8. The molecule has 1 fully saturated rings. The number of aliphatic carboxylic acids is 1. The number of hydrogen-bond donors (Lipinski definition) is 3. The lowest BCUT2D eigenvalue weighted by atomic mass is 10.0. The molecule has 3 N–H and O–H groups in total. The molecule has 26 heavy (non-hydrogen) atoms. The molecule has 1 aromatic carbocycles. The molecule has 1 aliphatic carbocycles. The van der Waals surface area contributed by atoms with Crippen molar-refractivity contribution in [2.24, 2.45) is 11.8 Å². The summed E-state index contributed by atoms with van der Waals surface area (Å²) in [6.07, 6.45) is 1.30. The molecule has 7 nitrogen and oxygen atoms in total. The van der Waals surface area contributed by atoms with Gasteiger partial charge in [0.05, 0.1) is 5.92 Å². The highest BCUT2D eigenvalue weighted by atomic mass is 32.2. The SMILES string of the molecule is CC(C)C(NS(=O)(=O)c1ccccc1F)C(=O)N[C@H]1CC[C@@H](C(=O)O)C1. The molecule has 9 heteroatoms. The van der Waals surface area contributed by atoms with E-state index < -0.39 is 44.6 Å². The lowest BCUT2D eigenvalue weighted by Crippen LogP contribution is -2.51. The molecule has 0 spiro atoms. The van der Waals surface area contributed by atoms with Crippen LogP contribution >= 0.6 is 0 Å². The van der Waals surface area contributed by atoms with Gasteiger partial charge in [0, 0.05) is 6.04 Å². The van der Waals surface area contributed by atoms with Gasteiger partial charge in [-0.25, -0.2) is 12.8 Å². The number of sulfonamides is 1. The molecule has 1 aliphatic rings. The van der Waals surface area contributed by atoms with Crippen LogP contribution in [0, 0.1) is 17.7 Å². The number of carbonyl (C=O) groups is 2. The second-order valence-corrected chi connectivity index (χ2v) is 8.51. The second kappa shape index (κ2) is 8.13. The Hall–Kier alpha value is -2.00. The molecule has 0 saturated heterocycles. The van der Waals surface area contributed by atoms with Gasteiger partial charge in [0.1, 0.15) is 16.8 Å². The van der Waals surface area contributed by atoms with Gasteiger partial charge in [-0.2, -0.15) is 4.72 Å². The highest BCUT2D eigenvalue weighted by Crippen LogP contribution is 2.26. The second-order valence-electron chi connectivity index (χ2n) is 6.83. The van der Waals surface area contributed by atoms with Crippen LogP contribution in [0.25, 0.3) is 0 Å². The lowest BCUT2D eigenvalue weighted by Gasteiger charge is -2.24. The number of rotatable bonds is 7. The maximum Gasteiger partial charge on any atom is 0.306 e. The molecule has 0 aromatic heterocycles. The van der Waals surface area contributed by atoms with E-state index in [9.17, 15) is 22.4 Å². The first-order chi connectivity index (χ1) is 12.1. The monoisotopic (exact) mass is 386 g/mol. The van der Waals surface area contributed by atoms with Crippen LogP contribution in [-0.2, 0) is 19.6 Å². The number of carboxylic acids is 1. The van der Waals surface area contributed by atoms with Crippen LogP contribution in [0.2, 0.25) is 0 Å². The summed E-state index contributed by atoms with van der Waals surface area (Å²) in [6.45, 7) is 3.34. The van der Waals surface area contributed by atoms with Crippen LogP contribution in [0.5, 0.6) is 0 Å². The van der Waals surface area contributed by atoms with Gasteiger partial charge in [-0.15, -0.1) is 0 Å². The first-order valence-corrected chi connectivity index (χ1v) is 9.90. The number of nitrogens with one attached hydrogen (secondary N) is 2. The number of halogens is 1. The zero-order valence-electron chi connectivity index (χ0n) is 14.6. The Morgan fingerprint density at radius 1 is 1.23 bits per heavy atom. The molecule has 0 radical (unpaired) electrons. The Kier molecular flexibility index (Phi) is 6.35. The van der Waals surface area contributed by atoms with Gasteiger partial charge in [0.25, 0.3) is 0 Å². The third-order valence-electron chi connectivity index (χ3n) is 4.49. The first kappa shape index (κ1) is 20.3. The average molecular weight is 386 g/mol. The van der Waals surface area contributed by atoms with Gasteiger partial charge in [-0.05, 0) is 37.3 Å². The van der Waals surface area contributed by atoms with Gasteiger partial charge in [0.2, 0.25) is 15.9 Å². The van der Waals surface area contributed by atoms with Crippen molar-refractivity contribution in [2.75, 3.05) is 0 Å². The number of carboxylic acid groups (broad SMARTS) is 1. The van der Waals surface area contributed by atoms with Gasteiger partial charge in [0.15, 0.2) is 0 Å². The van der Waals surface area contributed by atoms with Crippen LogP contribution in [0.3, 0.4) is 0 Å². The molecule has 3 atom stereocenters. The fourth-order valence-electron chi connectivity index (χ4n) is 3.01. The molecular formula is C17H23FN2O5S. The fourth-order valence-corrected chi connectivity index (χ4v) is 4.44. The quantitative estimate of drug-likeness (QED) is 0.657. The third kappa shape index (κ3) is 4.79. The van der Waals surface area contributed by atoms with Crippen molar-refractivity contribution in [1.82, 2.24) is 10.0 Å². The van der Waals surface area contributed by atoms with E-state index in [0.29, 0.717) is 19.3 Å². The van der Waals surface area contributed by atoms with Crippen molar-refractivity contribution in [1.29, 1.82) is 0 Å². The van der Waals surface area contributed by atoms with Gasteiger partial charge >= 0.3 is 5.97 Å². The summed E-state index contributed by atoms with van der Waals surface area (Å²) in [5.41, 5.74) is 0. The number of benzene rings is 1. The molecule has 1 amide bonds. The number of carbonyl (C=O) groups excluding carboxylic acids is 1. The minimum Gasteiger partial charge on any atom is -0.481 e. The zero-order chi connectivity index (χ0) is 19.5. The minimum atomic E-state index is -4.22. The van der Waals surface area contributed by atoms with Crippen molar-refractivity contribution in [2.45, 2.75) is 50.1 Å². The predicted molar refractivity (Wildman–Crippen MR) is 92.3 cm³/mol. The molecule has 1 aromatic rings. The molecule has 1 unspecified atom stereocenters. The lowest BCUT2D eigenvalue weighted by molar-refractivity contribution is -0.141. The third-order valence-corrected chi connectivity index (χ3v) is 5.96. The normalized spacial score (nSPS) is 21.5. The van der Waals surface area contributed by atoms with Crippen LogP contribution in [0.4, 0.5) is 4.39 Å². The Bertz CT molecular complexity index is 781. The van der Waals surface area contributed by atoms with E-state index >= 15 is 0 Å². The summed E-state index contributed by atoms with van der Waals surface area (Å²) in [4.78, 5) is 23.0. The van der Waals surface area contributed by atoms with Crippen molar-refractivity contribution in [3.63, 3.8) is 0 Å². The molecule has 0 heterocycles. The van der Waals surface area contributed by atoms with E-state index in [0.717, 1.165) is 12.1 Å². The average Bonchev–Trinajstić information content (AvgIpc) is 3.01. The molecular weight excluding hydrogens is 363 g/mol.